The molecule has 0 aliphatic heterocycles. The van der Waals surface area contributed by atoms with E-state index in [1.807, 2.05) is 19.1 Å². The van der Waals surface area contributed by atoms with E-state index in [1.54, 1.807) is 6.07 Å². The summed E-state index contributed by atoms with van der Waals surface area (Å²) in [4.78, 5) is 11.3. The highest BCUT2D eigenvalue weighted by atomic mass is 16.3. The Hall–Kier alpha value is -1.31. The van der Waals surface area contributed by atoms with E-state index in [2.05, 4.69) is 0 Å². The van der Waals surface area contributed by atoms with Crippen LogP contribution in [0.25, 0.3) is 0 Å². The second-order valence-electron chi connectivity index (χ2n) is 4.38. The Bertz CT molecular complexity index is 382. The highest BCUT2D eigenvalue weighted by molar-refractivity contribution is 5.80. The predicted molar refractivity (Wildman–Crippen MR) is 59.1 cm³/mol. The lowest BCUT2D eigenvalue weighted by molar-refractivity contribution is -0.120. The molecule has 1 unspecified atom stereocenters. The summed E-state index contributed by atoms with van der Waals surface area (Å²) in [5.41, 5.74) is 2.09. The summed E-state index contributed by atoms with van der Waals surface area (Å²) in [6, 6.07) is 5.66. The van der Waals surface area contributed by atoms with Crippen LogP contribution in [0.15, 0.2) is 18.2 Å². The Morgan fingerprint density at radius 2 is 2.20 bits per heavy atom. The fraction of sp³-hybridized carbons (Fsp3) is 0.462. The molecule has 0 bridgehead atoms. The van der Waals surface area contributed by atoms with Gasteiger partial charge in [-0.3, -0.25) is 4.79 Å². The van der Waals surface area contributed by atoms with Gasteiger partial charge in [0, 0.05) is 12.8 Å². The van der Waals surface area contributed by atoms with Gasteiger partial charge < -0.3 is 5.11 Å². The molecule has 1 saturated carbocycles. The minimum Gasteiger partial charge on any atom is -0.508 e. The Morgan fingerprint density at radius 3 is 2.87 bits per heavy atom. The van der Waals surface area contributed by atoms with Crippen molar-refractivity contribution in [2.45, 2.75) is 38.5 Å². The molecule has 0 heterocycles. The fourth-order valence-electron chi connectivity index (χ4n) is 2.24. The zero-order valence-corrected chi connectivity index (χ0v) is 8.99. The molecule has 2 nitrogen and oxygen atoms in total. The standard InChI is InChI=1S/C13H16O2/c1-9-7-11(5-6-13(9)15)10-3-2-4-12(14)8-10/h5-7,10,15H,2-4,8H2,1H3. The lowest BCUT2D eigenvalue weighted by Gasteiger charge is -2.21. The van der Waals surface area contributed by atoms with Gasteiger partial charge in [-0.15, -0.1) is 0 Å². The smallest absolute Gasteiger partial charge is 0.133 e. The third kappa shape index (κ3) is 2.20. The van der Waals surface area contributed by atoms with Crippen LogP contribution in [0.3, 0.4) is 0 Å². The Balaban J connectivity index is 2.21. The van der Waals surface area contributed by atoms with Gasteiger partial charge in [-0.05, 0) is 42.9 Å². The number of rotatable bonds is 1. The summed E-state index contributed by atoms with van der Waals surface area (Å²) in [5.74, 6) is 1.07. The quantitative estimate of drug-likeness (QED) is 0.763. The number of ketones is 1. The summed E-state index contributed by atoms with van der Waals surface area (Å²) in [6.45, 7) is 1.89. The third-order valence-corrected chi connectivity index (χ3v) is 3.17. The number of phenols is 1. The summed E-state index contributed by atoms with van der Waals surface area (Å²) in [7, 11) is 0. The number of hydrogen-bond acceptors (Lipinski definition) is 2. The number of hydrogen-bond donors (Lipinski definition) is 1. The SMILES string of the molecule is Cc1cc(C2CCCC(=O)C2)ccc1O. The molecule has 1 fully saturated rings. The summed E-state index contributed by atoms with van der Waals surface area (Å²) < 4.78 is 0. The van der Waals surface area contributed by atoms with Crippen LogP contribution in [0.4, 0.5) is 0 Å². The Labute approximate surface area is 89.9 Å². The Kier molecular flexibility index (Phi) is 2.76. The van der Waals surface area contributed by atoms with Gasteiger partial charge in [0.2, 0.25) is 0 Å². The summed E-state index contributed by atoms with van der Waals surface area (Å²) in [6.07, 6.45) is 3.51. The van der Waals surface area contributed by atoms with Gasteiger partial charge in [0.05, 0.1) is 0 Å². The van der Waals surface area contributed by atoms with Gasteiger partial charge in [-0.2, -0.15) is 0 Å². The minimum absolute atomic E-state index is 0.334. The van der Waals surface area contributed by atoms with E-state index in [-0.39, 0.29) is 0 Å². The fourth-order valence-corrected chi connectivity index (χ4v) is 2.24. The number of aromatic hydroxyl groups is 1. The van der Waals surface area contributed by atoms with Crippen molar-refractivity contribution in [3.63, 3.8) is 0 Å². The molecular formula is C13H16O2. The van der Waals surface area contributed by atoms with Crippen molar-refractivity contribution in [3.05, 3.63) is 29.3 Å². The second-order valence-corrected chi connectivity index (χ2v) is 4.38. The molecule has 2 heteroatoms. The van der Waals surface area contributed by atoms with E-state index in [0.717, 1.165) is 24.8 Å². The highest BCUT2D eigenvalue weighted by Crippen LogP contribution is 2.32. The number of Topliss-reactive ketones (excluding diaryl/α,β-unsaturated/α-hetero) is 1. The highest BCUT2D eigenvalue weighted by Gasteiger charge is 2.21. The average Bonchev–Trinajstić information content (AvgIpc) is 2.22. The van der Waals surface area contributed by atoms with Gasteiger partial charge in [-0.1, -0.05) is 12.1 Å². The number of carbonyl (C=O) groups excluding carboxylic acids is 1. The van der Waals surface area contributed by atoms with E-state index in [0.29, 0.717) is 23.9 Å². The summed E-state index contributed by atoms with van der Waals surface area (Å²) >= 11 is 0. The van der Waals surface area contributed by atoms with Crippen molar-refractivity contribution in [1.29, 1.82) is 0 Å². The summed E-state index contributed by atoms with van der Waals surface area (Å²) in [5, 5.41) is 9.43. The number of benzene rings is 1. The average molecular weight is 204 g/mol. The molecular weight excluding hydrogens is 188 g/mol. The molecule has 80 valence electrons. The molecule has 0 radical (unpaired) electrons. The zero-order chi connectivity index (χ0) is 10.8. The van der Waals surface area contributed by atoms with Gasteiger partial charge in [-0.25, -0.2) is 0 Å². The maximum atomic E-state index is 11.3. The maximum Gasteiger partial charge on any atom is 0.133 e. The first-order valence-corrected chi connectivity index (χ1v) is 5.48. The molecule has 1 aromatic rings. The van der Waals surface area contributed by atoms with Crippen LogP contribution in [-0.4, -0.2) is 10.9 Å². The van der Waals surface area contributed by atoms with Crippen molar-refractivity contribution >= 4 is 5.78 Å². The van der Waals surface area contributed by atoms with E-state index in [4.69, 9.17) is 0 Å². The zero-order valence-electron chi connectivity index (χ0n) is 8.99. The van der Waals surface area contributed by atoms with Crippen LogP contribution in [-0.2, 0) is 4.79 Å². The van der Waals surface area contributed by atoms with Crippen molar-refractivity contribution in [2.24, 2.45) is 0 Å². The lowest BCUT2D eigenvalue weighted by Crippen LogP contribution is -2.13. The van der Waals surface area contributed by atoms with Crippen molar-refractivity contribution in [1.82, 2.24) is 0 Å². The topological polar surface area (TPSA) is 37.3 Å². The van der Waals surface area contributed by atoms with E-state index < -0.39 is 0 Å². The molecule has 1 aromatic carbocycles. The first kappa shape index (κ1) is 10.2. The minimum atomic E-state index is 0.334. The molecule has 15 heavy (non-hydrogen) atoms. The molecule has 1 aliphatic carbocycles. The lowest BCUT2D eigenvalue weighted by atomic mass is 9.83. The van der Waals surface area contributed by atoms with Crippen LogP contribution in [0, 0.1) is 6.92 Å². The Morgan fingerprint density at radius 1 is 1.40 bits per heavy atom. The van der Waals surface area contributed by atoms with Crippen molar-refractivity contribution < 1.29 is 9.90 Å². The van der Waals surface area contributed by atoms with Crippen LogP contribution in [0.5, 0.6) is 5.75 Å². The largest absolute Gasteiger partial charge is 0.508 e. The molecule has 0 amide bonds. The van der Waals surface area contributed by atoms with Crippen LogP contribution < -0.4 is 0 Å². The maximum absolute atomic E-state index is 11.3. The molecule has 0 saturated heterocycles. The van der Waals surface area contributed by atoms with Crippen LogP contribution in [0.2, 0.25) is 0 Å². The van der Waals surface area contributed by atoms with Crippen molar-refractivity contribution in [2.75, 3.05) is 0 Å². The molecule has 1 N–H and O–H groups in total. The van der Waals surface area contributed by atoms with Gasteiger partial charge in [0.15, 0.2) is 0 Å². The van der Waals surface area contributed by atoms with E-state index in [1.165, 1.54) is 5.56 Å². The van der Waals surface area contributed by atoms with Crippen molar-refractivity contribution in [3.8, 4) is 5.75 Å². The van der Waals surface area contributed by atoms with Crippen LogP contribution >= 0.6 is 0 Å². The van der Waals surface area contributed by atoms with E-state index in [9.17, 15) is 9.90 Å². The first-order valence-electron chi connectivity index (χ1n) is 5.48. The van der Waals surface area contributed by atoms with Gasteiger partial charge in [0.25, 0.3) is 0 Å². The monoisotopic (exact) mass is 204 g/mol. The van der Waals surface area contributed by atoms with Gasteiger partial charge >= 0.3 is 0 Å². The molecule has 0 spiro atoms. The second kappa shape index (κ2) is 4.05. The van der Waals surface area contributed by atoms with E-state index >= 15 is 0 Å². The number of phenolic OH excluding ortho intramolecular Hbond substituents is 1. The predicted octanol–water partition coefficient (Wildman–Crippen LogP) is 2.93. The normalized spacial score (nSPS) is 21.7. The number of carbonyl (C=O) groups is 1. The van der Waals surface area contributed by atoms with Gasteiger partial charge in [0.1, 0.15) is 11.5 Å². The molecule has 1 atom stereocenters. The number of aryl methyl sites for hydroxylation is 1. The first-order chi connectivity index (χ1) is 7.16. The third-order valence-electron chi connectivity index (χ3n) is 3.17. The molecule has 1 aliphatic rings. The molecule has 2 rings (SSSR count). The molecule has 0 aromatic heterocycles. The van der Waals surface area contributed by atoms with Crippen LogP contribution in [0.1, 0.15) is 42.7 Å².